The minimum atomic E-state index is 0.648. The van der Waals surface area contributed by atoms with Crippen molar-refractivity contribution >= 4 is 54.1 Å². The first kappa shape index (κ1) is 28.9. The van der Waals surface area contributed by atoms with Gasteiger partial charge in [0.2, 0.25) is 0 Å². The first-order valence-electron chi connectivity index (χ1n) is 17.2. The normalized spacial score (nSPS) is 11.5. The fourth-order valence-electron chi connectivity index (χ4n) is 7.96. The number of nitrogens with zero attached hydrogens (tertiary/aromatic N) is 3. The summed E-state index contributed by atoms with van der Waals surface area (Å²) in [5.74, 6) is 0. The number of rotatable bonds is 4. The molecule has 0 aliphatic heterocycles. The summed E-state index contributed by atoms with van der Waals surface area (Å²) in [5.41, 5.74) is 10.9. The van der Waals surface area contributed by atoms with E-state index in [0.717, 1.165) is 44.2 Å². The lowest BCUT2D eigenvalue weighted by molar-refractivity contribution is 1.18. The van der Waals surface area contributed by atoms with E-state index in [0.29, 0.717) is 5.56 Å². The highest BCUT2D eigenvalue weighted by atomic mass is 15.0. The van der Waals surface area contributed by atoms with Crippen molar-refractivity contribution in [1.29, 1.82) is 5.26 Å². The van der Waals surface area contributed by atoms with Gasteiger partial charge in [-0.25, -0.2) is 0 Å². The van der Waals surface area contributed by atoms with Gasteiger partial charge >= 0.3 is 0 Å². The highest BCUT2D eigenvalue weighted by Crippen LogP contribution is 2.45. The summed E-state index contributed by atoms with van der Waals surface area (Å²) >= 11 is 0. The standard InChI is InChI=1S/C48H29N3/c49-29-31-15-23-45-43(26-31)44-28-36(20-24-46(44)51(45)38-21-18-33(19-22-38)37-10-7-25-50-30-37)48-41-13-5-3-11-39(41)47(40-12-4-6-14-42(40)48)35-17-16-32-8-1-2-9-34(32)27-35/h1-28,30H. The van der Waals surface area contributed by atoms with Gasteiger partial charge in [-0.3, -0.25) is 4.98 Å². The summed E-state index contributed by atoms with van der Waals surface area (Å²) in [6.07, 6.45) is 3.69. The number of nitriles is 1. The van der Waals surface area contributed by atoms with Crippen molar-refractivity contribution < 1.29 is 0 Å². The van der Waals surface area contributed by atoms with Gasteiger partial charge in [-0.2, -0.15) is 5.26 Å². The Balaban J connectivity index is 1.22. The van der Waals surface area contributed by atoms with Gasteiger partial charge in [0.05, 0.1) is 22.7 Å². The zero-order valence-electron chi connectivity index (χ0n) is 27.6. The predicted octanol–water partition coefficient (Wildman–Crippen LogP) is 12.5. The Hall–Kier alpha value is -7.02. The van der Waals surface area contributed by atoms with Gasteiger partial charge in [0, 0.05) is 28.9 Å². The van der Waals surface area contributed by atoms with Crippen LogP contribution >= 0.6 is 0 Å². The molecule has 0 aliphatic carbocycles. The Morgan fingerprint density at radius 3 is 1.65 bits per heavy atom. The van der Waals surface area contributed by atoms with Crippen LogP contribution in [0.25, 0.3) is 93.2 Å². The maximum Gasteiger partial charge on any atom is 0.0991 e. The van der Waals surface area contributed by atoms with Gasteiger partial charge in [0.25, 0.3) is 0 Å². The van der Waals surface area contributed by atoms with Crippen LogP contribution in [0.2, 0.25) is 0 Å². The molecule has 3 nitrogen and oxygen atoms in total. The molecular formula is C48H29N3. The van der Waals surface area contributed by atoms with Crippen molar-refractivity contribution in [3.05, 3.63) is 182 Å². The van der Waals surface area contributed by atoms with Crippen molar-refractivity contribution in [2.75, 3.05) is 0 Å². The van der Waals surface area contributed by atoms with Crippen LogP contribution in [0.3, 0.4) is 0 Å². The Labute approximate surface area is 294 Å². The number of aromatic nitrogens is 2. The maximum absolute atomic E-state index is 9.92. The van der Waals surface area contributed by atoms with E-state index in [4.69, 9.17) is 0 Å². The molecule has 51 heavy (non-hydrogen) atoms. The maximum atomic E-state index is 9.92. The van der Waals surface area contributed by atoms with Crippen molar-refractivity contribution in [3.63, 3.8) is 0 Å². The molecule has 0 bridgehead atoms. The molecule has 0 unspecified atom stereocenters. The highest BCUT2D eigenvalue weighted by Gasteiger charge is 2.19. The first-order valence-corrected chi connectivity index (χ1v) is 17.2. The average Bonchev–Trinajstić information content (AvgIpc) is 3.53. The largest absolute Gasteiger partial charge is 0.309 e. The summed E-state index contributed by atoms with van der Waals surface area (Å²) in [4.78, 5) is 4.30. The second-order valence-corrected chi connectivity index (χ2v) is 13.1. The fourth-order valence-corrected chi connectivity index (χ4v) is 7.96. The minimum absolute atomic E-state index is 0.648. The second-order valence-electron chi connectivity index (χ2n) is 13.1. The van der Waals surface area contributed by atoms with E-state index in [9.17, 15) is 5.26 Å². The van der Waals surface area contributed by atoms with Gasteiger partial charge in [-0.05, 0) is 120 Å². The van der Waals surface area contributed by atoms with E-state index < -0.39 is 0 Å². The van der Waals surface area contributed by atoms with E-state index in [1.54, 1.807) is 6.20 Å². The summed E-state index contributed by atoms with van der Waals surface area (Å²) in [6.45, 7) is 0. The third-order valence-electron chi connectivity index (χ3n) is 10.3. The molecule has 10 aromatic rings. The zero-order valence-corrected chi connectivity index (χ0v) is 27.6. The van der Waals surface area contributed by atoms with E-state index in [-0.39, 0.29) is 0 Å². The zero-order chi connectivity index (χ0) is 33.9. The van der Waals surface area contributed by atoms with E-state index in [1.807, 2.05) is 24.4 Å². The summed E-state index contributed by atoms with van der Waals surface area (Å²) < 4.78 is 2.31. The molecule has 2 aromatic heterocycles. The number of hydrogen-bond acceptors (Lipinski definition) is 2. The lowest BCUT2D eigenvalue weighted by Gasteiger charge is -2.18. The molecular weight excluding hydrogens is 619 g/mol. The van der Waals surface area contributed by atoms with Gasteiger partial charge < -0.3 is 4.57 Å². The van der Waals surface area contributed by atoms with Gasteiger partial charge in [0.15, 0.2) is 0 Å². The van der Waals surface area contributed by atoms with Crippen LogP contribution in [0.5, 0.6) is 0 Å². The van der Waals surface area contributed by atoms with Crippen LogP contribution in [0.4, 0.5) is 0 Å². The van der Waals surface area contributed by atoms with Crippen molar-refractivity contribution in [3.8, 4) is 45.1 Å². The smallest absolute Gasteiger partial charge is 0.0991 e. The van der Waals surface area contributed by atoms with E-state index in [1.165, 1.54) is 49.0 Å². The summed E-state index contributed by atoms with van der Waals surface area (Å²) in [7, 11) is 0. The topological polar surface area (TPSA) is 41.6 Å². The van der Waals surface area contributed by atoms with Crippen molar-refractivity contribution in [1.82, 2.24) is 9.55 Å². The lowest BCUT2D eigenvalue weighted by Crippen LogP contribution is -1.94. The van der Waals surface area contributed by atoms with Crippen LogP contribution in [-0.2, 0) is 0 Å². The summed E-state index contributed by atoms with van der Waals surface area (Å²) in [6, 6.07) is 60.9. The fraction of sp³-hybridized carbons (Fsp3) is 0. The Bertz CT molecular complexity index is 2960. The Morgan fingerprint density at radius 2 is 1.00 bits per heavy atom. The van der Waals surface area contributed by atoms with Crippen LogP contribution in [0.15, 0.2) is 176 Å². The number of hydrogen-bond donors (Lipinski definition) is 0. The van der Waals surface area contributed by atoms with Crippen LogP contribution in [-0.4, -0.2) is 9.55 Å². The SMILES string of the molecule is N#Cc1ccc2c(c1)c1cc(-c3c4ccccc4c(-c4ccc5ccccc5c4)c4ccccc34)ccc1n2-c1ccc(-c2cccnc2)cc1. The molecule has 236 valence electrons. The molecule has 0 saturated heterocycles. The van der Waals surface area contributed by atoms with Gasteiger partial charge in [-0.15, -0.1) is 0 Å². The Morgan fingerprint density at radius 1 is 0.431 bits per heavy atom. The molecule has 2 heterocycles. The molecule has 0 aliphatic rings. The first-order chi connectivity index (χ1) is 25.2. The van der Waals surface area contributed by atoms with E-state index >= 15 is 0 Å². The summed E-state index contributed by atoms with van der Waals surface area (Å²) in [5, 5.41) is 19.4. The van der Waals surface area contributed by atoms with Gasteiger partial charge in [0.1, 0.15) is 0 Å². The van der Waals surface area contributed by atoms with Crippen LogP contribution in [0, 0.1) is 11.3 Å². The molecule has 0 amide bonds. The van der Waals surface area contributed by atoms with Crippen LogP contribution < -0.4 is 0 Å². The molecule has 8 aromatic carbocycles. The second kappa shape index (κ2) is 11.6. The third kappa shape index (κ3) is 4.62. The quantitative estimate of drug-likeness (QED) is 0.178. The number of pyridine rings is 1. The predicted molar refractivity (Wildman–Crippen MR) is 212 cm³/mol. The average molecular weight is 648 g/mol. The molecule has 10 rings (SSSR count). The lowest BCUT2D eigenvalue weighted by atomic mass is 9.85. The molecule has 0 radical (unpaired) electrons. The molecule has 0 N–H and O–H groups in total. The third-order valence-corrected chi connectivity index (χ3v) is 10.3. The molecule has 3 heteroatoms. The number of fused-ring (bicyclic) bond motifs is 6. The van der Waals surface area contributed by atoms with E-state index in [2.05, 4.69) is 161 Å². The van der Waals surface area contributed by atoms with Gasteiger partial charge in [-0.1, -0.05) is 109 Å². The monoisotopic (exact) mass is 647 g/mol. The number of benzene rings is 8. The molecule has 0 spiro atoms. The van der Waals surface area contributed by atoms with Crippen LogP contribution in [0.1, 0.15) is 5.56 Å². The van der Waals surface area contributed by atoms with Crippen molar-refractivity contribution in [2.24, 2.45) is 0 Å². The minimum Gasteiger partial charge on any atom is -0.309 e. The molecule has 0 fully saturated rings. The molecule has 0 atom stereocenters. The highest BCUT2D eigenvalue weighted by molar-refractivity contribution is 6.22. The van der Waals surface area contributed by atoms with Crippen molar-refractivity contribution in [2.45, 2.75) is 0 Å². The Kier molecular flexibility index (Phi) is 6.56. The molecule has 0 saturated carbocycles.